The summed E-state index contributed by atoms with van der Waals surface area (Å²) in [4.78, 5) is 11.8. The SMILES string of the molecule is COC(O)CCC1CC(OC(=O)c2ccccc2)C1. The third kappa shape index (κ3) is 4.04. The number of esters is 1. The Bertz CT molecular complexity index is 398. The Labute approximate surface area is 113 Å². The Kier molecular flexibility index (Phi) is 4.93. The molecule has 1 aromatic rings. The van der Waals surface area contributed by atoms with Crippen LogP contribution >= 0.6 is 0 Å². The molecule has 0 aromatic heterocycles. The van der Waals surface area contributed by atoms with Crippen molar-refractivity contribution in [1.29, 1.82) is 0 Å². The van der Waals surface area contributed by atoms with Crippen LogP contribution in [0, 0.1) is 5.92 Å². The predicted molar refractivity (Wildman–Crippen MR) is 70.6 cm³/mol. The lowest BCUT2D eigenvalue weighted by Gasteiger charge is -2.35. The number of rotatable bonds is 6. The van der Waals surface area contributed by atoms with Crippen LogP contribution in [0.25, 0.3) is 0 Å². The smallest absolute Gasteiger partial charge is 0.338 e. The molecule has 1 N–H and O–H groups in total. The minimum Gasteiger partial charge on any atom is -0.459 e. The Hall–Kier alpha value is -1.39. The first kappa shape index (κ1) is 14.0. The molecule has 1 atom stereocenters. The highest BCUT2D eigenvalue weighted by atomic mass is 16.6. The average molecular weight is 264 g/mol. The molecule has 0 heterocycles. The van der Waals surface area contributed by atoms with Crippen LogP contribution in [0.2, 0.25) is 0 Å². The molecule has 19 heavy (non-hydrogen) atoms. The maximum atomic E-state index is 11.8. The Morgan fingerprint density at radius 1 is 1.37 bits per heavy atom. The summed E-state index contributed by atoms with van der Waals surface area (Å²) in [6.45, 7) is 0. The van der Waals surface area contributed by atoms with Gasteiger partial charge in [0.05, 0.1) is 5.56 Å². The van der Waals surface area contributed by atoms with E-state index in [4.69, 9.17) is 9.47 Å². The van der Waals surface area contributed by atoms with Crippen molar-refractivity contribution in [3.05, 3.63) is 35.9 Å². The van der Waals surface area contributed by atoms with Crippen LogP contribution in [0.5, 0.6) is 0 Å². The number of ether oxygens (including phenoxy) is 2. The van der Waals surface area contributed by atoms with Crippen molar-refractivity contribution in [3.63, 3.8) is 0 Å². The average Bonchev–Trinajstić information content (AvgIpc) is 2.41. The van der Waals surface area contributed by atoms with Gasteiger partial charge in [0.2, 0.25) is 0 Å². The summed E-state index contributed by atoms with van der Waals surface area (Å²) in [7, 11) is 1.50. The second kappa shape index (κ2) is 6.68. The van der Waals surface area contributed by atoms with Gasteiger partial charge in [0.1, 0.15) is 6.10 Å². The quantitative estimate of drug-likeness (QED) is 0.633. The first-order chi connectivity index (χ1) is 9.19. The summed E-state index contributed by atoms with van der Waals surface area (Å²) in [6.07, 6.45) is 2.67. The first-order valence-electron chi connectivity index (χ1n) is 6.66. The first-order valence-corrected chi connectivity index (χ1v) is 6.66. The molecule has 0 bridgehead atoms. The van der Waals surface area contributed by atoms with Gasteiger partial charge >= 0.3 is 5.97 Å². The van der Waals surface area contributed by atoms with Crippen molar-refractivity contribution in [2.24, 2.45) is 5.92 Å². The molecule has 1 fully saturated rings. The van der Waals surface area contributed by atoms with E-state index in [-0.39, 0.29) is 12.1 Å². The Morgan fingerprint density at radius 2 is 2.05 bits per heavy atom. The van der Waals surface area contributed by atoms with Crippen LogP contribution in [0.1, 0.15) is 36.0 Å². The van der Waals surface area contributed by atoms with E-state index in [1.807, 2.05) is 18.2 Å². The van der Waals surface area contributed by atoms with Gasteiger partial charge in [0, 0.05) is 7.11 Å². The predicted octanol–water partition coefficient (Wildman–Crippen LogP) is 2.37. The number of aliphatic hydroxyl groups is 1. The fraction of sp³-hybridized carbons (Fsp3) is 0.533. The van der Waals surface area contributed by atoms with Gasteiger partial charge in [-0.3, -0.25) is 0 Å². The number of methoxy groups -OCH3 is 1. The van der Waals surface area contributed by atoms with Gasteiger partial charge in [-0.1, -0.05) is 18.2 Å². The van der Waals surface area contributed by atoms with Crippen LogP contribution in [0.15, 0.2) is 30.3 Å². The molecule has 1 unspecified atom stereocenters. The van der Waals surface area contributed by atoms with E-state index in [0.29, 0.717) is 17.9 Å². The molecule has 0 saturated heterocycles. The third-order valence-electron chi connectivity index (χ3n) is 3.57. The van der Waals surface area contributed by atoms with E-state index < -0.39 is 6.29 Å². The van der Waals surface area contributed by atoms with E-state index in [2.05, 4.69) is 0 Å². The van der Waals surface area contributed by atoms with Crippen LogP contribution in [-0.4, -0.2) is 30.6 Å². The van der Waals surface area contributed by atoms with E-state index in [1.54, 1.807) is 12.1 Å². The number of carbonyl (C=O) groups is 1. The normalized spacial score (nSPS) is 23.5. The molecule has 1 aliphatic carbocycles. The lowest BCUT2D eigenvalue weighted by molar-refractivity contribution is -0.0869. The maximum Gasteiger partial charge on any atom is 0.338 e. The maximum absolute atomic E-state index is 11.8. The van der Waals surface area contributed by atoms with Gasteiger partial charge in [0.15, 0.2) is 6.29 Å². The summed E-state index contributed by atoms with van der Waals surface area (Å²) >= 11 is 0. The monoisotopic (exact) mass is 264 g/mol. The van der Waals surface area contributed by atoms with E-state index >= 15 is 0 Å². The highest BCUT2D eigenvalue weighted by Crippen LogP contribution is 2.34. The van der Waals surface area contributed by atoms with Gasteiger partial charge in [0.25, 0.3) is 0 Å². The molecule has 1 saturated carbocycles. The van der Waals surface area contributed by atoms with Crippen molar-refractivity contribution in [2.75, 3.05) is 7.11 Å². The molecule has 4 heteroatoms. The largest absolute Gasteiger partial charge is 0.459 e. The summed E-state index contributed by atoms with van der Waals surface area (Å²) < 4.78 is 10.2. The van der Waals surface area contributed by atoms with Gasteiger partial charge in [-0.2, -0.15) is 0 Å². The van der Waals surface area contributed by atoms with Gasteiger partial charge in [-0.25, -0.2) is 4.79 Å². The van der Waals surface area contributed by atoms with Gasteiger partial charge < -0.3 is 14.6 Å². The number of benzene rings is 1. The van der Waals surface area contributed by atoms with Crippen LogP contribution in [0.3, 0.4) is 0 Å². The molecule has 0 radical (unpaired) electrons. The van der Waals surface area contributed by atoms with Crippen LogP contribution in [0.4, 0.5) is 0 Å². The number of carbonyl (C=O) groups excluding carboxylic acids is 1. The molecule has 4 nitrogen and oxygen atoms in total. The molecule has 0 aliphatic heterocycles. The van der Waals surface area contributed by atoms with Crippen molar-refractivity contribution in [3.8, 4) is 0 Å². The summed E-state index contributed by atoms with van der Waals surface area (Å²) in [5.74, 6) is 0.277. The standard InChI is InChI=1S/C15H20O4/c1-18-14(16)8-7-11-9-13(10-11)19-15(17)12-5-3-2-4-6-12/h2-6,11,13-14,16H,7-10H2,1H3. The molecule has 0 amide bonds. The molecule has 0 spiro atoms. The minimum atomic E-state index is -0.675. The van der Waals surface area contributed by atoms with Gasteiger partial charge in [-0.15, -0.1) is 0 Å². The number of hydrogen-bond donors (Lipinski definition) is 1. The van der Waals surface area contributed by atoms with Crippen LogP contribution in [-0.2, 0) is 9.47 Å². The lowest BCUT2D eigenvalue weighted by atomic mass is 9.79. The van der Waals surface area contributed by atoms with E-state index in [1.165, 1.54) is 7.11 Å². The summed E-state index contributed by atoms with van der Waals surface area (Å²) in [5, 5.41) is 9.28. The molecular weight excluding hydrogens is 244 g/mol. The molecule has 104 valence electrons. The van der Waals surface area contributed by atoms with Crippen molar-refractivity contribution >= 4 is 5.97 Å². The highest BCUT2D eigenvalue weighted by molar-refractivity contribution is 5.89. The molecule has 2 rings (SSSR count). The van der Waals surface area contributed by atoms with Crippen molar-refractivity contribution in [1.82, 2.24) is 0 Å². The Balaban J connectivity index is 1.66. The van der Waals surface area contributed by atoms with E-state index in [0.717, 1.165) is 19.3 Å². The minimum absolute atomic E-state index is 0.0254. The van der Waals surface area contributed by atoms with Gasteiger partial charge in [-0.05, 0) is 43.7 Å². The second-order valence-electron chi connectivity index (χ2n) is 5.00. The van der Waals surface area contributed by atoms with Crippen LogP contribution < -0.4 is 0 Å². The summed E-state index contributed by atoms with van der Waals surface area (Å²) in [6, 6.07) is 9.04. The van der Waals surface area contributed by atoms with Crippen molar-refractivity contribution < 1.29 is 19.4 Å². The number of aliphatic hydroxyl groups excluding tert-OH is 1. The Morgan fingerprint density at radius 3 is 2.68 bits per heavy atom. The zero-order valence-corrected chi connectivity index (χ0v) is 11.1. The molecule has 1 aliphatic rings. The number of hydrogen-bond acceptors (Lipinski definition) is 4. The van der Waals surface area contributed by atoms with Crippen molar-refractivity contribution in [2.45, 2.75) is 38.1 Å². The zero-order valence-electron chi connectivity index (χ0n) is 11.1. The molecular formula is C15H20O4. The fourth-order valence-electron chi connectivity index (χ4n) is 2.30. The lowest BCUT2D eigenvalue weighted by Crippen LogP contribution is -2.33. The highest BCUT2D eigenvalue weighted by Gasteiger charge is 2.32. The topological polar surface area (TPSA) is 55.8 Å². The molecule has 1 aromatic carbocycles. The summed E-state index contributed by atoms with van der Waals surface area (Å²) in [5.41, 5.74) is 0.598. The second-order valence-corrected chi connectivity index (χ2v) is 5.00. The third-order valence-corrected chi connectivity index (χ3v) is 3.57. The zero-order chi connectivity index (χ0) is 13.7. The fourth-order valence-corrected chi connectivity index (χ4v) is 2.30. The van der Waals surface area contributed by atoms with E-state index in [9.17, 15) is 9.90 Å².